The van der Waals surface area contributed by atoms with Gasteiger partial charge in [0.2, 0.25) is 5.91 Å². The second kappa shape index (κ2) is 10.1. The van der Waals surface area contributed by atoms with Gasteiger partial charge in [-0.15, -0.1) is 0 Å². The predicted molar refractivity (Wildman–Crippen MR) is 156 cm³/mol. The van der Waals surface area contributed by atoms with E-state index in [4.69, 9.17) is 16.3 Å². The lowest BCUT2D eigenvalue weighted by Crippen LogP contribution is -2.50. The molecule has 0 bridgehead atoms. The third-order valence-corrected chi connectivity index (χ3v) is 9.34. The molecule has 9 heteroatoms. The van der Waals surface area contributed by atoms with Crippen LogP contribution in [0.3, 0.4) is 0 Å². The van der Waals surface area contributed by atoms with Crippen LogP contribution in [-0.2, 0) is 22.0 Å². The number of aromatic nitrogens is 2. The molecule has 2 fully saturated rings. The van der Waals surface area contributed by atoms with Crippen molar-refractivity contribution in [2.24, 2.45) is 12.5 Å². The topological polar surface area (TPSA) is 97.3 Å². The van der Waals surface area contributed by atoms with Gasteiger partial charge < -0.3 is 20.7 Å². The Morgan fingerprint density at radius 2 is 1.88 bits per heavy atom. The number of ether oxygens (including phenoxy) is 1. The minimum atomic E-state index is -0.868. The van der Waals surface area contributed by atoms with Crippen LogP contribution in [-0.4, -0.2) is 40.9 Å². The number of aryl methyl sites for hydroxylation is 1. The largest absolute Gasteiger partial charge is 0.381 e. The quantitative estimate of drug-likeness (QED) is 0.361. The molecule has 1 saturated heterocycles. The first kappa shape index (κ1) is 26.6. The lowest BCUT2D eigenvalue weighted by Gasteiger charge is -2.34. The maximum atomic E-state index is 14.1. The van der Waals surface area contributed by atoms with Crippen molar-refractivity contribution in [2.75, 3.05) is 23.8 Å². The van der Waals surface area contributed by atoms with Crippen LogP contribution in [0.1, 0.15) is 60.1 Å². The van der Waals surface area contributed by atoms with E-state index in [1.165, 1.54) is 10.2 Å². The van der Waals surface area contributed by atoms with Crippen molar-refractivity contribution in [1.29, 1.82) is 0 Å². The van der Waals surface area contributed by atoms with E-state index in [-0.39, 0.29) is 28.6 Å². The second-order valence-electron chi connectivity index (χ2n) is 11.5. The zero-order valence-electron chi connectivity index (χ0n) is 22.8. The first-order valence-corrected chi connectivity index (χ1v) is 14.1. The molecule has 3 aromatic rings. The molecule has 2 aliphatic heterocycles. The Bertz CT molecular complexity index is 1490. The molecule has 1 spiro atoms. The van der Waals surface area contributed by atoms with Gasteiger partial charge in [-0.2, -0.15) is 5.10 Å². The first-order valence-electron chi connectivity index (χ1n) is 13.7. The zero-order chi connectivity index (χ0) is 28.1. The summed E-state index contributed by atoms with van der Waals surface area (Å²) in [4.78, 5) is 27.5. The molecule has 2 aromatic carbocycles. The highest BCUT2D eigenvalue weighted by Crippen LogP contribution is 2.58. The fourth-order valence-electron chi connectivity index (χ4n) is 6.40. The number of rotatable bonds is 7. The lowest BCUT2D eigenvalue weighted by molar-refractivity contribution is -0.119. The molecule has 208 valence electrons. The minimum absolute atomic E-state index is 0.147. The molecule has 1 saturated carbocycles. The summed E-state index contributed by atoms with van der Waals surface area (Å²) in [5.74, 6) is -0.989. The number of hydrogen-bond acceptors (Lipinski definition) is 5. The Morgan fingerprint density at radius 3 is 2.55 bits per heavy atom. The third-order valence-electron chi connectivity index (χ3n) is 9.00. The standard InChI is InChI=1S/C31H34ClN5O3/c1-19-31(13-16-40-17-14-31)22-9-8-20(18-24(22)34-19)35-29(39)27(36-28(38)25-10-15-33-37(25)3)26(30(2)11-12-30)21-6-4-5-7-23(21)32/h4-10,15,18,26-27,34H,1,11-14,16-17H2,2-3H3,(H,35,39)(H,36,38)/t26?,27-/m0/s1. The van der Waals surface area contributed by atoms with Gasteiger partial charge in [-0.3, -0.25) is 14.3 Å². The van der Waals surface area contributed by atoms with E-state index in [0.29, 0.717) is 29.6 Å². The molecule has 1 unspecified atom stereocenters. The molecular weight excluding hydrogens is 526 g/mol. The number of carbonyl (C=O) groups excluding carboxylic acids is 2. The number of nitrogens with zero attached hydrogens (tertiary/aromatic N) is 2. The number of hydrogen-bond donors (Lipinski definition) is 3. The molecule has 2 atom stereocenters. The predicted octanol–water partition coefficient (Wildman–Crippen LogP) is 5.38. The number of amides is 2. The summed E-state index contributed by atoms with van der Waals surface area (Å²) in [5, 5.41) is 14.3. The second-order valence-corrected chi connectivity index (χ2v) is 11.9. The summed E-state index contributed by atoms with van der Waals surface area (Å²) in [6.07, 6.45) is 5.18. The van der Waals surface area contributed by atoms with Gasteiger partial charge in [0.05, 0.1) is 0 Å². The molecule has 1 aliphatic carbocycles. The lowest BCUT2D eigenvalue weighted by atomic mass is 9.74. The maximum Gasteiger partial charge on any atom is 0.270 e. The smallest absolute Gasteiger partial charge is 0.270 e. The summed E-state index contributed by atoms with van der Waals surface area (Å²) in [6, 6.07) is 14.3. The Labute approximate surface area is 239 Å². The molecule has 0 radical (unpaired) electrons. The summed E-state index contributed by atoms with van der Waals surface area (Å²) >= 11 is 6.69. The molecule has 2 amide bonds. The van der Waals surface area contributed by atoms with E-state index in [1.54, 1.807) is 19.3 Å². The molecule has 6 rings (SSSR count). The molecule has 1 aromatic heterocycles. The van der Waals surface area contributed by atoms with Crippen LogP contribution in [0.4, 0.5) is 11.4 Å². The maximum absolute atomic E-state index is 14.1. The number of fused-ring (bicyclic) bond motifs is 2. The Hall–Kier alpha value is -3.62. The zero-order valence-corrected chi connectivity index (χ0v) is 23.6. The summed E-state index contributed by atoms with van der Waals surface area (Å²) < 4.78 is 7.11. The van der Waals surface area contributed by atoms with Crippen molar-refractivity contribution < 1.29 is 14.3 Å². The Kier molecular flexibility index (Phi) is 6.71. The van der Waals surface area contributed by atoms with Crippen molar-refractivity contribution in [3.8, 4) is 0 Å². The van der Waals surface area contributed by atoms with E-state index < -0.39 is 6.04 Å². The van der Waals surface area contributed by atoms with Crippen LogP contribution in [0.5, 0.6) is 0 Å². The van der Waals surface area contributed by atoms with Crippen molar-refractivity contribution in [2.45, 2.75) is 50.0 Å². The van der Waals surface area contributed by atoms with Gasteiger partial charge in [-0.05, 0) is 66.5 Å². The van der Waals surface area contributed by atoms with E-state index in [2.05, 4.69) is 40.6 Å². The van der Waals surface area contributed by atoms with Crippen LogP contribution in [0.2, 0.25) is 5.02 Å². The van der Waals surface area contributed by atoms with Crippen molar-refractivity contribution >= 4 is 34.8 Å². The van der Waals surface area contributed by atoms with Crippen LogP contribution < -0.4 is 16.0 Å². The minimum Gasteiger partial charge on any atom is -0.381 e. The normalized spacial score (nSPS) is 19.8. The van der Waals surface area contributed by atoms with E-state index in [1.807, 2.05) is 36.4 Å². The molecule has 3 aliphatic rings. The summed E-state index contributed by atoms with van der Waals surface area (Å²) in [7, 11) is 1.70. The van der Waals surface area contributed by atoms with Gasteiger partial charge in [0.1, 0.15) is 11.7 Å². The average molecular weight is 560 g/mol. The number of halogens is 1. The Morgan fingerprint density at radius 1 is 1.12 bits per heavy atom. The fourth-order valence-corrected chi connectivity index (χ4v) is 6.66. The number of nitrogens with one attached hydrogen (secondary N) is 3. The van der Waals surface area contributed by atoms with Gasteiger partial charge in [0, 0.05) is 59.9 Å². The van der Waals surface area contributed by atoms with Crippen molar-refractivity contribution in [3.05, 3.63) is 88.8 Å². The van der Waals surface area contributed by atoms with Gasteiger partial charge in [0.25, 0.3) is 5.91 Å². The third kappa shape index (κ3) is 4.59. The van der Waals surface area contributed by atoms with E-state index in [9.17, 15) is 9.59 Å². The van der Waals surface area contributed by atoms with Crippen LogP contribution in [0.25, 0.3) is 0 Å². The summed E-state index contributed by atoms with van der Waals surface area (Å²) in [5.41, 5.74) is 4.63. The number of anilines is 2. The highest BCUT2D eigenvalue weighted by Gasteiger charge is 2.52. The number of benzene rings is 2. The van der Waals surface area contributed by atoms with Gasteiger partial charge in [-0.1, -0.05) is 49.4 Å². The van der Waals surface area contributed by atoms with E-state index in [0.717, 1.165) is 42.6 Å². The molecular formula is C31H34ClN5O3. The molecule has 3 N–H and O–H groups in total. The summed E-state index contributed by atoms with van der Waals surface area (Å²) in [6.45, 7) is 7.84. The van der Waals surface area contributed by atoms with Crippen molar-refractivity contribution in [1.82, 2.24) is 15.1 Å². The monoisotopic (exact) mass is 559 g/mol. The van der Waals surface area contributed by atoms with Crippen molar-refractivity contribution in [3.63, 3.8) is 0 Å². The highest BCUT2D eigenvalue weighted by atomic mass is 35.5. The highest BCUT2D eigenvalue weighted by molar-refractivity contribution is 6.31. The number of allylic oxidation sites excluding steroid dienone is 1. The Balaban J connectivity index is 1.33. The van der Waals surface area contributed by atoms with Crippen LogP contribution in [0.15, 0.2) is 67.0 Å². The SMILES string of the molecule is C=C1Nc2cc(NC(=O)[C@@H](NC(=O)c3ccnn3C)C(c3ccccc3Cl)C3(C)CC3)ccc2C12CCOCC2. The number of carbonyl (C=O) groups is 2. The first-order chi connectivity index (χ1) is 19.2. The van der Waals surface area contributed by atoms with Crippen LogP contribution in [0, 0.1) is 5.41 Å². The van der Waals surface area contributed by atoms with Gasteiger partial charge in [0.15, 0.2) is 0 Å². The molecule has 8 nitrogen and oxygen atoms in total. The van der Waals surface area contributed by atoms with E-state index >= 15 is 0 Å². The average Bonchev–Trinajstić information content (AvgIpc) is 3.44. The van der Waals surface area contributed by atoms with Gasteiger partial charge in [-0.25, -0.2) is 0 Å². The van der Waals surface area contributed by atoms with Crippen LogP contribution >= 0.6 is 11.6 Å². The molecule has 3 heterocycles. The molecule has 40 heavy (non-hydrogen) atoms. The fraction of sp³-hybridized carbons (Fsp3) is 0.387. The van der Waals surface area contributed by atoms with Gasteiger partial charge >= 0.3 is 0 Å².